The molecule has 0 aliphatic rings. The van der Waals surface area contributed by atoms with Crippen LogP contribution in [0.4, 0.5) is 0 Å². The van der Waals surface area contributed by atoms with E-state index in [1.165, 1.54) is 5.69 Å². The number of aromatic nitrogens is 2. The molecule has 1 rings (SSSR count). The molecule has 4 nitrogen and oxygen atoms in total. The Balaban J connectivity index is 2.53. The van der Waals surface area contributed by atoms with Crippen molar-refractivity contribution in [3.63, 3.8) is 0 Å². The number of Topliss-reactive ketones (excluding diaryl/α,β-unsaturated/α-hetero) is 1. The maximum absolute atomic E-state index is 11.2. The maximum atomic E-state index is 11.2. The largest absolute Gasteiger partial charge is 0.396 e. The summed E-state index contributed by atoms with van der Waals surface area (Å²) >= 11 is 0. The second-order valence-electron chi connectivity index (χ2n) is 3.59. The summed E-state index contributed by atoms with van der Waals surface area (Å²) in [6.07, 6.45) is 3.44. The monoisotopic (exact) mass is 210 g/mol. The third-order valence-corrected chi connectivity index (χ3v) is 2.51. The summed E-state index contributed by atoms with van der Waals surface area (Å²) in [5.74, 6) is 0.103. The molecule has 0 aromatic carbocycles. The van der Waals surface area contributed by atoms with E-state index in [9.17, 15) is 4.79 Å². The van der Waals surface area contributed by atoms with E-state index >= 15 is 0 Å². The number of carbonyl (C=O) groups excluding carboxylic acids is 1. The van der Waals surface area contributed by atoms with Gasteiger partial charge in [-0.15, -0.1) is 0 Å². The molecule has 4 heteroatoms. The van der Waals surface area contributed by atoms with Crippen molar-refractivity contribution < 1.29 is 9.90 Å². The number of ketones is 1. The Labute approximate surface area is 89.9 Å². The Bertz CT molecular complexity index is 331. The molecule has 0 aliphatic carbocycles. The van der Waals surface area contributed by atoms with Crippen LogP contribution in [0.2, 0.25) is 0 Å². The van der Waals surface area contributed by atoms with E-state index < -0.39 is 0 Å². The molecule has 0 unspecified atom stereocenters. The lowest BCUT2D eigenvalue weighted by molar-refractivity contribution is -0.119. The maximum Gasteiger partial charge on any atom is 0.136 e. The van der Waals surface area contributed by atoms with Crippen LogP contribution in [0.25, 0.3) is 0 Å². The van der Waals surface area contributed by atoms with E-state index in [0.717, 1.165) is 12.1 Å². The normalized spacial score (nSPS) is 10.6. The van der Waals surface area contributed by atoms with Crippen LogP contribution in [-0.4, -0.2) is 27.0 Å². The van der Waals surface area contributed by atoms with E-state index in [1.807, 2.05) is 11.5 Å². The highest BCUT2D eigenvalue weighted by Gasteiger charge is 2.06. The summed E-state index contributed by atoms with van der Waals surface area (Å²) in [5, 5.41) is 8.60. The number of hydrogen-bond acceptors (Lipinski definition) is 3. The molecule has 0 saturated heterocycles. The number of nitrogens with zero attached hydrogens (tertiary/aromatic N) is 2. The second kappa shape index (κ2) is 5.66. The van der Waals surface area contributed by atoms with Gasteiger partial charge in [-0.3, -0.25) is 4.79 Å². The SMILES string of the molecule is CCc1c(C)ncn1CCC(=O)CCO. The fourth-order valence-electron chi connectivity index (χ4n) is 1.65. The number of aliphatic hydroxyl groups is 1. The summed E-state index contributed by atoms with van der Waals surface area (Å²) in [7, 11) is 0. The Morgan fingerprint density at radius 2 is 2.27 bits per heavy atom. The van der Waals surface area contributed by atoms with E-state index in [2.05, 4.69) is 11.9 Å². The van der Waals surface area contributed by atoms with Crippen molar-refractivity contribution in [3.05, 3.63) is 17.7 Å². The lowest BCUT2D eigenvalue weighted by atomic mass is 10.2. The summed E-state index contributed by atoms with van der Waals surface area (Å²) in [6, 6.07) is 0. The van der Waals surface area contributed by atoms with Gasteiger partial charge in [-0.05, 0) is 13.3 Å². The zero-order chi connectivity index (χ0) is 11.3. The third-order valence-electron chi connectivity index (χ3n) is 2.51. The van der Waals surface area contributed by atoms with Crippen molar-refractivity contribution in [1.82, 2.24) is 9.55 Å². The average Bonchev–Trinajstić information content (AvgIpc) is 2.56. The van der Waals surface area contributed by atoms with Gasteiger partial charge >= 0.3 is 0 Å². The molecule has 1 aromatic rings. The van der Waals surface area contributed by atoms with Crippen LogP contribution in [0.15, 0.2) is 6.33 Å². The van der Waals surface area contributed by atoms with Crippen LogP contribution < -0.4 is 0 Å². The second-order valence-corrected chi connectivity index (χ2v) is 3.59. The number of aryl methyl sites for hydroxylation is 2. The third kappa shape index (κ3) is 3.16. The lowest BCUT2D eigenvalue weighted by Gasteiger charge is -2.06. The van der Waals surface area contributed by atoms with Gasteiger partial charge in [0.2, 0.25) is 0 Å². The predicted molar refractivity (Wildman–Crippen MR) is 57.7 cm³/mol. The molecule has 1 heterocycles. The minimum Gasteiger partial charge on any atom is -0.396 e. The highest BCUT2D eigenvalue weighted by atomic mass is 16.3. The Kier molecular flexibility index (Phi) is 4.49. The molecule has 0 bridgehead atoms. The average molecular weight is 210 g/mol. The fraction of sp³-hybridized carbons (Fsp3) is 0.636. The number of aliphatic hydroxyl groups excluding tert-OH is 1. The smallest absolute Gasteiger partial charge is 0.136 e. The van der Waals surface area contributed by atoms with Crippen LogP contribution >= 0.6 is 0 Å². The van der Waals surface area contributed by atoms with Crippen molar-refractivity contribution >= 4 is 5.78 Å². The van der Waals surface area contributed by atoms with E-state index in [0.29, 0.717) is 13.0 Å². The van der Waals surface area contributed by atoms with Crippen molar-refractivity contribution in [2.75, 3.05) is 6.61 Å². The van der Waals surface area contributed by atoms with Crippen LogP contribution in [0.5, 0.6) is 0 Å². The topological polar surface area (TPSA) is 55.1 Å². The van der Waals surface area contributed by atoms with Gasteiger partial charge in [-0.2, -0.15) is 0 Å². The van der Waals surface area contributed by atoms with Gasteiger partial charge in [0, 0.05) is 31.7 Å². The fourth-order valence-corrected chi connectivity index (χ4v) is 1.65. The Morgan fingerprint density at radius 1 is 1.53 bits per heavy atom. The highest BCUT2D eigenvalue weighted by molar-refractivity contribution is 5.78. The summed E-state index contributed by atoms with van der Waals surface area (Å²) in [5.41, 5.74) is 2.22. The van der Waals surface area contributed by atoms with Crippen molar-refractivity contribution in [3.8, 4) is 0 Å². The first kappa shape index (κ1) is 11.9. The molecule has 0 spiro atoms. The molecule has 15 heavy (non-hydrogen) atoms. The first-order valence-corrected chi connectivity index (χ1v) is 5.32. The number of imidazole rings is 1. The van der Waals surface area contributed by atoms with Crippen LogP contribution in [-0.2, 0) is 17.8 Å². The zero-order valence-electron chi connectivity index (χ0n) is 9.36. The van der Waals surface area contributed by atoms with Crippen molar-refractivity contribution in [1.29, 1.82) is 0 Å². The van der Waals surface area contributed by atoms with Gasteiger partial charge in [-0.1, -0.05) is 6.92 Å². The first-order valence-electron chi connectivity index (χ1n) is 5.32. The van der Waals surface area contributed by atoms with Gasteiger partial charge in [0.25, 0.3) is 0 Å². The molecule has 1 N–H and O–H groups in total. The van der Waals surface area contributed by atoms with Crippen molar-refractivity contribution in [2.24, 2.45) is 0 Å². The van der Waals surface area contributed by atoms with Crippen LogP contribution in [0.3, 0.4) is 0 Å². The molecule has 0 saturated carbocycles. The van der Waals surface area contributed by atoms with Gasteiger partial charge in [0.05, 0.1) is 12.0 Å². The number of rotatable bonds is 6. The minimum absolute atomic E-state index is 0.0532. The molecule has 0 radical (unpaired) electrons. The molecule has 0 fully saturated rings. The van der Waals surface area contributed by atoms with Gasteiger partial charge in [0.1, 0.15) is 5.78 Å². The zero-order valence-corrected chi connectivity index (χ0v) is 9.36. The number of carbonyl (C=O) groups is 1. The number of hydrogen-bond donors (Lipinski definition) is 1. The Morgan fingerprint density at radius 3 is 2.87 bits per heavy atom. The van der Waals surface area contributed by atoms with Crippen LogP contribution in [0, 0.1) is 6.92 Å². The summed E-state index contributed by atoms with van der Waals surface area (Å²) in [4.78, 5) is 15.4. The molecule has 1 aromatic heterocycles. The van der Waals surface area contributed by atoms with E-state index in [-0.39, 0.29) is 18.8 Å². The first-order chi connectivity index (χ1) is 7.19. The molecular weight excluding hydrogens is 192 g/mol. The van der Waals surface area contributed by atoms with Crippen LogP contribution in [0.1, 0.15) is 31.2 Å². The van der Waals surface area contributed by atoms with E-state index in [1.54, 1.807) is 6.33 Å². The molecule has 0 amide bonds. The molecule has 0 aliphatic heterocycles. The molecular formula is C11H18N2O2. The van der Waals surface area contributed by atoms with E-state index in [4.69, 9.17) is 5.11 Å². The van der Waals surface area contributed by atoms with Gasteiger partial charge in [0.15, 0.2) is 0 Å². The summed E-state index contributed by atoms with van der Waals surface area (Å²) < 4.78 is 2.02. The predicted octanol–water partition coefficient (Wildman–Crippen LogP) is 1.10. The molecule has 84 valence electrons. The minimum atomic E-state index is -0.0532. The quantitative estimate of drug-likeness (QED) is 0.764. The van der Waals surface area contributed by atoms with Gasteiger partial charge < -0.3 is 9.67 Å². The summed E-state index contributed by atoms with van der Waals surface area (Å²) in [6.45, 7) is 4.67. The Hall–Kier alpha value is -1.16. The van der Waals surface area contributed by atoms with Gasteiger partial charge in [-0.25, -0.2) is 4.98 Å². The highest BCUT2D eigenvalue weighted by Crippen LogP contribution is 2.08. The van der Waals surface area contributed by atoms with Crippen molar-refractivity contribution in [2.45, 2.75) is 39.7 Å². The lowest BCUT2D eigenvalue weighted by Crippen LogP contribution is -2.08. The standard InChI is InChI=1S/C11H18N2O2/c1-3-11-9(2)12-8-13(11)6-4-10(15)5-7-14/h8,14H,3-7H2,1-2H3. The molecule has 0 atom stereocenters.